The van der Waals surface area contributed by atoms with Gasteiger partial charge in [-0.2, -0.15) is 0 Å². The van der Waals surface area contributed by atoms with Gasteiger partial charge in [0.25, 0.3) is 22.2 Å². The van der Waals surface area contributed by atoms with Crippen LogP contribution < -0.4 is 22.2 Å². The van der Waals surface area contributed by atoms with E-state index in [9.17, 15) is 19.2 Å². The Kier molecular flexibility index (Phi) is 3.09. The molecule has 0 amide bonds. The molecule has 0 saturated carbocycles. The average molecular weight is 328 g/mol. The molecule has 0 aliphatic carbocycles. The minimum absolute atomic E-state index is 0.179. The van der Waals surface area contributed by atoms with Crippen LogP contribution in [0.5, 0.6) is 0 Å². The van der Waals surface area contributed by atoms with E-state index in [-0.39, 0.29) is 27.0 Å². The van der Waals surface area contributed by atoms with Crippen molar-refractivity contribution in [2.75, 3.05) is 0 Å². The molecule has 2 aromatic heterocycles. The first kappa shape index (κ1) is 16.4. The number of nitrogens with zero attached hydrogens (tertiary/aromatic N) is 2. The highest BCUT2D eigenvalue weighted by Crippen LogP contribution is 2.35. The normalized spacial score (nSPS) is 13.2. The Morgan fingerprint density at radius 2 is 1.00 bits per heavy atom. The summed E-state index contributed by atoms with van der Waals surface area (Å²) in [6.45, 7) is 9.55. The Morgan fingerprint density at radius 1 is 0.667 bits per heavy atom. The number of benzene rings is 1. The maximum absolute atomic E-state index is 12.9. The number of hydrogen-bond acceptors (Lipinski definition) is 4. The van der Waals surface area contributed by atoms with E-state index in [1.807, 2.05) is 34.6 Å². The predicted octanol–water partition coefficient (Wildman–Crippen LogP) is 1.23. The second-order valence-electron chi connectivity index (χ2n) is 7.87. The number of fused-ring (bicyclic) bond motifs is 2. The summed E-state index contributed by atoms with van der Waals surface area (Å²) in [6, 6.07) is 2.76. The number of rotatable bonds is 1. The van der Waals surface area contributed by atoms with Crippen LogP contribution >= 0.6 is 0 Å². The van der Waals surface area contributed by atoms with Gasteiger partial charge in [0, 0.05) is 7.05 Å². The highest BCUT2D eigenvalue weighted by atomic mass is 16.2. The molecule has 3 aromatic rings. The SMILES string of the molecule is Cn1c(=O)c2cc3c(=O)n(C(C)(C)C(C)(C)C)c(=O)c3cc2c1=O. The van der Waals surface area contributed by atoms with Crippen LogP contribution in [0, 0.1) is 5.41 Å². The molecule has 24 heavy (non-hydrogen) atoms. The zero-order valence-electron chi connectivity index (χ0n) is 14.7. The Labute approximate surface area is 137 Å². The van der Waals surface area contributed by atoms with Crippen LogP contribution in [0.2, 0.25) is 0 Å². The molecule has 0 aliphatic rings. The van der Waals surface area contributed by atoms with Crippen LogP contribution in [-0.4, -0.2) is 9.13 Å². The summed E-state index contributed by atoms with van der Waals surface area (Å²) in [6.07, 6.45) is 0. The molecule has 0 bridgehead atoms. The van der Waals surface area contributed by atoms with E-state index in [4.69, 9.17) is 0 Å². The fourth-order valence-corrected chi connectivity index (χ4v) is 2.94. The largest absolute Gasteiger partial charge is 0.277 e. The van der Waals surface area contributed by atoms with Crippen LogP contribution in [0.15, 0.2) is 31.3 Å². The zero-order valence-corrected chi connectivity index (χ0v) is 14.7. The standard InChI is InChI=1S/C18H20N2O4/c1-17(2,3)18(4,5)20-15(23)11-7-9-10(8-12(11)16(20)24)14(22)19(6)13(9)21/h7-8H,1-6H3. The van der Waals surface area contributed by atoms with Gasteiger partial charge >= 0.3 is 0 Å². The molecule has 0 spiro atoms. The summed E-state index contributed by atoms with van der Waals surface area (Å²) in [5.74, 6) is 0. The van der Waals surface area contributed by atoms with Gasteiger partial charge in [-0.05, 0) is 31.4 Å². The van der Waals surface area contributed by atoms with Crippen LogP contribution in [0.3, 0.4) is 0 Å². The molecule has 2 heterocycles. The van der Waals surface area contributed by atoms with Crippen molar-refractivity contribution in [1.29, 1.82) is 0 Å². The first-order chi connectivity index (χ1) is 10.9. The van der Waals surface area contributed by atoms with E-state index in [2.05, 4.69) is 0 Å². The van der Waals surface area contributed by atoms with Gasteiger partial charge in [0.05, 0.1) is 27.1 Å². The van der Waals surface area contributed by atoms with E-state index in [1.165, 1.54) is 23.7 Å². The maximum Gasteiger partial charge on any atom is 0.262 e. The lowest BCUT2D eigenvalue weighted by atomic mass is 9.76. The molecule has 6 heteroatoms. The van der Waals surface area contributed by atoms with Gasteiger partial charge in [-0.25, -0.2) is 0 Å². The minimum atomic E-state index is -0.727. The van der Waals surface area contributed by atoms with Crippen molar-refractivity contribution < 1.29 is 0 Å². The Bertz CT molecular complexity index is 1110. The van der Waals surface area contributed by atoms with Crippen molar-refractivity contribution in [3.8, 4) is 0 Å². The summed E-state index contributed by atoms with van der Waals surface area (Å²) in [7, 11) is 1.38. The topological polar surface area (TPSA) is 78.1 Å². The second kappa shape index (κ2) is 4.53. The Balaban J connectivity index is 2.55. The van der Waals surface area contributed by atoms with E-state index >= 15 is 0 Å². The summed E-state index contributed by atoms with van der Waals surface area (Å²) >= 11 is 0. The van der Waals surface area contributed by atoms with Crippen LogP contribution in [0.1, 0.15) is 34.6 Å². The van der Waals surface area contributed by atoms with E-state index in [1.54, 1.807) is 0 Å². The van der Waals surface area contributed by atoms with Crippen molar-refractivity contribution in [1.82, 2.24) is 9.13 Å². The van der Waals surface area contributed by atoms with Gasteiger partial charge in [-0.1, -0.05) is 20.8 Å². The molecule has 0 fully saturated rings. The highest BCUT2D eigenvalue weighted by molar-refractivity contribution is 5.97. The lowest BCUT2D eigenvalue weighted by Crippen LogP contribution is -2.49. The lowest BCUT2D eigenvalue weighted by Gasteiger charge is -2.39. The fourth-order valence-electron chi connectivity index (χ4n) is 2.94. The van der Waals surface area contributed by atoms with Gasteiger partial charge in [0.1, 0.15) is 0 Å². The van der Waals surface area contributed by atoms with Gasteiger partial charge in [-0.3, -0.25) is 28.3 Å². The zero-order chi connectivity index (χ0) is 18.2. The smallest absolute Gasteiger partial charge is 0.262 e. The molecular weight excluding hydrogens is 308 g/mol. The van der Waals surface area contributed by atoms with Crippen LogP contribution in [0.4, 0.5) is 0 Å². The van der Waals surface area contributed by atoms with Gasteiger partial charge in [-0.15, -0.1) is 0 Å². The van der Waals surface area contributed by atoms with Crippen molar-refractivity contribution in [2.45, 2.75) is 40.2 Å². The molecule has 0 atom stereocenters. The molecule has 0 radical (unpaired) electrons. The fraction of sp³-hybridized carbons (Fsp3) is 0.444. The molecule has 0 aliphatic heterocycles. The molecule has 0 N–H and O–H groups in total. The second-order valence-corrected chi connectivity index (χ2v) is 7.87. The number of aromatic nitrogens is 2. The number of hydrogen-bond donors (Lipinski definition) is 0. The quantitative estimate of drug-likeness (QED) is 0.673. The lowest BCUT2D eigenvalue weighted by molar-refractivity contribution is 0.133. The molecule has 0 saturated heterocycles. The summed E-state index contributed by atoms with van der Waals surface area (Å²) in [4.78, 5) is 50.0. The molecule has 1 aromatic carbocycles. The van der Waals surface area contributed by atoms with E-state index < -0.39 is 27.8 Å². The van der Waals surface area contributed by atoms with Crippen molar-refractivity contribution >= 4 is 21.5 Å². The van der Waals surface area contributed by atoms with Crippen molar-refractivity contribution in [3.05, 3.63) is 53.5 Å². The third-order valence-electron chi connectivity index (χ3n) is 5.49. The van der Waals surface area contributed by atoms with E-state index in [0.29, 0.717) is 0 Å². The molecule has 126 valence electrons. The predicted molar refractivity (Wildman–Crippen MR) is 94.6 cm³/mol. The first-order valence-electron chi connectivity index (χ1n) is 7.79. The molecule has 0 unspecified atom stereocenters. The van der Waals surface area contributed by atoms with Crippen LogP contribution in [-0.2, 0) is 12.6 Å². The third-order valence-corrected chi connectivity index (χ3v) is 5.49. The Hall–Kier alpha value is -2.50. The third kappa shape index (κ3) is 1.82. The van der Waals surface area contributed by atoms with Crippen molar-refractivity contribution in [3.63, 3.8) is 0 Å². The monoisotopic (exact) mass is 328 g/mol. The molecule has 6 nitrogen and oxygen atoms in total. The van der Waals surface area contributed by atoms with Crippen molar-refractivity contribution in [2.24, 2.45) is 12.5 Å². The summed E-state index contributed by atoms with van der Waals surface area (Å²) in [5.41, 5.74) is -2.82. The summed E-state index contributed by atoms with van der Waals surface area (Å²) < 4.78 is 2.23. The average Bonchev–Trinajstić information content (AvgIpc) is 2.84. The molecule has 3 rings (SSSR count). The Morgan fingerprint density at radius 3 is 1.33 bits per heavy atom. The molecular formula is C18H20N2O4. The summed E-state index contributed by atoms with van der Waals surface area (Å²) in [5, 5.41) is 0.732. The van der Waals surface area contributed by atoms with Gasteiger partial charge in [0.2, 0.25) is 0 Å². The minimum Gasteiger partial charge on any atom is -0.277 e. The van der Waals surface area contributed by atoms with Gasteiger partial charge < -0.3 is 0 Å². The maximum atomic E-state index is 12.9. The van der Waals surface area contributed by atoms with E-state index in [0.717, 1.165) is 4.57 Å². The first-order valence-corrected chi connectivity index (χ1v) is 7.79. The van der Waals surface area contributed by atoms with Crippen LogP contribution in [0.25, 0.3) is 21.5 Å². The van der Waals surface area contributed by atoms with Gasteiger partial charge in [0.15, 0.2) is 0 Å². The highest BCUT2D eigenvalue weighted by Gasteiger charge is 2.38.